The Morgan fingerprint density at radius 1 is 1.53 bits per heavy atom. The zero-order valence-corrected chi connectivity index (χ0v) is 10.6. The molecule has 4 heteroatoms. The Morgan fingerprint density at radius 3 is 2.71 bits per heavy atom. The van der Waals surface area contributed by atoms with Crippen LogP contribution in [0.25, 0.3) is 5.70 Å². The lowest BCUT2D eigenvalue weighted by Gasteiger charge is -2.12. The van der Waals surface area contributed by atoms with E-state index >= 15 is 0 Å². The lowest BCUT2D eigenvalue weighted by Crippen LogP contribution is -2.14. The molecule has 1 aromatic heterocycles. The fourth-order valence-corrected chi connectivity index (χ4v) is 1.33. The average molecular weight is 235 g/mol. The molecule has 0 amide bonds. The molecule has 3 nitrogen and oxygen atoms in total. The van der Waals surface area contributed by atoms with E-state index in [9.17, 15) is 4.39 Å². The largest absolute Gasteiger partial charge is 0.303 e. The van der Waals surface area contributed by atoms with Crippen LogP contribution in [-0.4, -0.2) is 28.5 Å². The Hall–Kier alpha value is -1.68. The van der Waals surface area contributed by atoms with Gasteiger partial charge in [-0.05, 0) is 32.7 Å². The summed E-state index contributed by atoms with van der Waals surface area (Å²) in [6.07, 6.45) is 4.81. The molecule has 0 aliphatic carbocycles. The summed E-state index contributed by atoms with van der Waals surface area (Å²) >= 11 is 0. The third-order valence-electron chi connectivity index (χ3n) is 2.19. The third kappa shape index (κ3) is 3.67. The number of hydrogen-bond donors (Lipinski definition) is 0. The maximum atomic E-state index is 13.4. The molecule has 1 heterocycles. The van der Waals surface area contributed by atoms with Gasteiger partial charge in [0.25, 0.3) is 0 Å². The van der Waals surface area contributed by atoms with Crippen molar-refractivity contribution >= 4 is 5.70 Å². The lowest BCUT2D eigenvalue weighted by atomic mass is 10.2. The number of hydrogen-bond acceptors (Lipinski definition) is 2. The van der Waals surface area contributed by atoms with Crippen molar-refractivity contribution in [2.45, 2.75) is 13.5 Å². The summed E-state index contributed by atoms with van der Waals surface area (Å²) in [4.78, 5) is 6.21. The van der Waals surface area contributed by atoms with Crippen molar-refractivity contribution in [3.05, 3.63) is 48.9 Å². The van der Waals surface area contributed by atoms with Crippen LogP contribution in [-0.2, 0) is 6.54 Å². The second kappa shape index (κ2) is 5.59. The SMILES string of the molecule is C=C(C)/C(F)=C\C(=C)n1ccnc1CN(C)C. The van der Waals surface area contributed by atoms with E-state index in [0.29, 0.717) is 17.8 Å². The predicted molar refractivity (Wildman–Crippen MR) is 69.0 cm³/mol. The van der Waals surface area contributed by atoms with Crippen molar-refractivity contribution < 1.29 is 4.39 Å². The van der Waals surface area contributed by atoms with Crippen molar-refractivity contribution in [3.63, 3.8) is 0 Å². The number of imidazole rings is 1. The zero-order valence-electron chi connectivity index (χ0n) is 10.6. The van der Waals surface area contributed by atoms with E-state index in [1.54, 1.807) is 23.9 Å². The van der Waals surface area contributed by atoms with Gasteiger partial charge in [-0.25, -0.2) is 9.37 Å². The average Bonchev–Trinajstić information content (AvgIpc) is 2.64. The van der Waals surface area contributed by atoms with E-state index in [4.69, 9.17) is 0 Å². The first-order valence-corrected chi connectivity index (χ1v) is 5.31. The van der Waals surface area contributed by atoms with Crippen LogP contribution in [0.1, 0.15) is 12.7 Å². The van der Waals surface area contributed by atoms with Crippen LogP contribution in [0.2, 0.25) is 0 Å². The Balaban J connectivity index is 2.94. The smallest absolute Gasteiger partial charge is 0.127 e. The minimum Gasteiger partial charge on any atom is -0.303 e. The predicted octanol–water partition coefficient (Wildman–Crippen LogP) is 2.84. The highest BCUT2D eigenvalue weighted by Crippen LogP contribution is 2.15. The topological polar surface area (TPSA) is 21.1 Å². The molecule has 0 aliphatic rings. The van der Waals surface area contributed by atoms with Crippen molar-refractivity contribution in [2.24, 2.45) is 0 Å². The Labute approximate surface area is 102 Å². The van der Waals surface area contributed by atoms with Gasteiger partial charge in [0, 0.05) is 18.1 Å². The van der Waals surface area contributed by atoms with Gasteiger partial charge >= 0.3 is 0 Å². The molecule has 0 bridgehead atoms. The highest BCUT2D eigenvalue weighted by molar-refractivity contribution is 5.57. The third-order valence-corrected chi connectivity index (χ3v) is 2.19. The molecule has 0 aromatic carbocycles. The fourth-order valence-electron chi connectivity index (χ4n) is 1.33. The molecule has 0 saturated heterocycles. The van der Waals surface area contributed by atoms with Crippen LogP contribution >= 0.6 is 0 Å². The van der Waals surface area contributed by atoms with Crippen LogP contribution in [0.5, 0.6) is 0 Å². The monoisotopic (exact) mass is 235 g/mol. The Kier molecular flexibility index (Phi) is 4.40. The van der Waals surface area contributed by atoms with E-state index in [0.717, 1.165) is 5.82 Å². The second-order valence-corrected chi connectivity index (χ2v) is 4.22. The van der Waals surface area contributed by atoms with E-state index in [2.05, 4.69) is 18.1 Å². The van der Waals surface area contributed by atoms with Gasteiger partial charge in [0.05, 0.1) is 6.54 Å². The first-order valence-electron chi connectivity index (χ1n) is 5.31. The van der Waals surface area contributed by atoms with Crippen LogP contribution < -0.4 is 0 Å². The highest BCUT2D eigenvalue weighted by Gasteiger charge is 2.06. The molecule has 0 spiro atoms. The van der Waals surface area contributed by atoms with Gasteiger partial charge in [0.15, 0.2) is 0 Å². The van der Waals surface area contributed by atoms with Crippen LogP contribution in [0.4, 0.5) is 4.39 Å². The molecule has 0 unspecified atom stereocenters. The van der Waals surface area contributed by atoms with Crippen molar-refractivity contribution in [2.75, 3.05) is 14.1 Å². The van der Waals surface area contributed by atoms with Crippen LogP contribution in [0, 0.1) is 0 Å². The maximum absolute atomic E-state index is 13.4. The second-order valence-electron chi connectivity index (χ2n) is 4.22. The molecule has 1 aromatic rings. The molecule has 0 fully saturated rings. The van der Waals surface area contributed by atoms with E-state index in [-0.39, 0.29) is 5.83 Å². The number of aromatic nitrogens is 2. The Morgan fingerprint density at radius 2 is 2.18 bits per heavy atom. The first kappa shape index (κ1) is 13.4. The molecule has 1 rings (SSSR count). The van der Waals surface area contributed by atoms with Crippen LogP contribution in [0.15, 0.2) is 43.0 Å². The van der Waals surface area contributed by atoms with Crippen LogP contribution in [0.3, 0.4) is 0 Å². The lowest BCUT2D eigenvalue weighted by molar-refractivity contribution is 0.388. The summed E-state index contributed by atoms with van der Waals surface area (Å²) in [5.74, 6) is 0.463. The van der Waals surface area contributed by atoms with Gasteiger partial charge in [0.1, 0.15) is 11.7 Å². The summed E-state index contributed by atoms with van der Waals surface area (Å²) in [5.41, 5.74) is 0.931. The van der Waals surface area contributed by atoms with E-state index in [1.807, 2.05) is 19.0 Å². The van der Waals surface area contributed by atoms with Gasteiger partial charge in [0.2, 0.25) is 0 Å². The molecule has 0 aliphatic heterocycles. The summed E-state index contributed by atoms with van der Waals surface area (Å²) in [6, 6.07) is 0. The first-order chi connectivity index (χ1) is 7.91. The minimum atomic E-state index is -0.362. The van der Waals surface area contributed by atoms with Crippen molar-refractivity contribution in [1.82, 2.24) is 14.5 Å². The van der Waals surface area contributed by atoms with Gasteiger partial charge in [-0.1, -0.05) is 13.2 Å². The molecule has 92 valence electrons. The van der Waals surface area contributed by atoms with Gasteiger partial charge in [-0.2, -0.15) is 0 Å². The van der Waals surface area contributed by atoms with Crippen molar-refractivity contribution in [1.29, 1.82) is 0 Å². The number of allylic oxidation sites excluding steroid dienone is 4. The molecule has 0 radical (unpaired) electrons. The summed E-state index contributed by atoms with van der Waals surface area (Å²) in [5, 5.41) is 0. The number of rotatable bonds is 5. The molecule has 0 atom stereocenters. The molecule has 17 heavy (non-hydrogen) atoms. The van der Waals surface area contributed by atoms with Gasteiger partial charge in [-0.15, -0.1) is 0 Å². The number of nitrogens with zero attached hydrogens (tertiary/aromatic N) is 3. The zero-order chi connectivity index (χ0) is 13.0. The van der Waals surface area contributed by atoms with Crippen molar-refractivity contribution in [3.8, 4) is 0 Å². The van der Waals surface area contributed by atoms with Gasteiger partial charge < -0.3 is 9.47 Å². The molecule has 0 saturated carbocycles. The molecular formula is C13H18FN3. The standard InChI is InChI=1S/C13H18FN3/c1-10(2)12(14)8-11(3)17-7-6-15-13(17)9-16(4)5/h6-8H,1,3,9H2,2,4-5H3/b12-8+. The maximum Gasteiger partial charge on any atom is 0.127 e. The van der Waals surface area contributed by atoms with Gasteiger partial charge in [-0.3, -0.25) is 0 Å². The number of halogens is 1. The summed E-state index contributed by atoms with van der Waals surface area (Å²) < 4.78 is 15.2. The molecular weight excluding hydrogens is 217 g/mol. The van der Waals surface area contributed by atoms with E-state index in [1.165, 1.54) is 6.08 Å². The minimum absolute atomic E-state index is 0.362. The quantitative estimate of drug-likeness (QED) is 0.732. The highest BCUT2D eigenvalue weighted by atomic mass is 19.1. The van der Waals surface area contributed by atoms with E-state index < -0.39 is 0 Å². The molecule has 0 N–H and O–H groups in total. The fraction of sp³-hybridized carbons (Fsp3) is 0.308. The Bertz CT molecular complexity index is 455. The summed E-state index contributed by atoms with van der Waals surface area (Å²) in [7, 11) is 3.90. The summed E-state index contributed by atoms with van der Waals surface area (Å²) in [6.45, 7) is 9.67. The normalized spacial score (nSPS) is 11.9.